The van der Waals surface area contributed by atoms with Crippen molar-refractivity contribution in [1.29, 1.82) is 0 Å². The van der Waals surface area contributed by atoms with E-state index in [1.54, 1.807) is 0 Å². The van der Waals surface area contributed by atoms with E-state index in [1.165, 1.54) is 6.07 Å². The van der Waals surface area contributed by atoms with E-state index >= 15 is 0 Å². The van der Waals surface area contributed by atoms with E-state index in [2.05, 4.69) is 15.5 Å². The molecule has 1 heterocycles. The van der Waals surface area contributed by atoms with Crippen LogP contribution in [0.3, 0.4) is 0 Å². The molecule has 1 aromatic carbocycles. The van der Waals surface area contributed by atoms with Crippen LogP contribution in [0.15, 0.2) is 18.2 Å². The zero-order valence-corrected chi connectivity index (χ0v) is 16.7. The fourth-order valence-corrected chi connectivity index (χ4v) is 3.14. The molecule has 2 N–H and O–H groups in total. The topological polar surface area (TPSA) is 70.7 Å². The Balaban J connectivity index is 1.80. The third-order valence-electron chi connectivity index (χ3n) is 4.46. The first-order valence-electron chi connectivity index (χ1n) is 9.60. The summed E-state index contributed by atoms with van der Waals surface area (Å²) in [6.45, 7) is 7.26. The number of rotatable bonds is 6. The van der Waals surface area contributed by atoms with Gasteiger partial charge in [0.2, 0.25) is 5.91 Å². The van der Waals surface area contributed by atoms with E-state index in [0.29, 0.717) is 13.1 Å². The Morgan fingerprint density at radius 2 is 1.96 bits per heavy atom. The third kappa shape index (κ3) is 7.42. The maximum absolute atomic E-state index is 13.2. The number of benzene rings is 1. The normalized spacial score (nSPS) is 17.8. The first-order chi connectivity index (χ1) is 13.1. The molecule has 156 valence electrons. The highest BCUT2D eigenvalue weighted by atomic mass is 19.2. The van der Waals surface area contributed by atoms with Crippen LogP contribution < -0.4 is 10.6 Å². The van der Waals surface area contributed by atoms with E-state index in [-0.39, 0.29) is 24.1 Å². The Kier molecular flexibility index (Phi) is 7.74. The molecule has 8 heteroatoms. The minimum atomic E-state index is -0.998. The molecule has 1 atom stereocenters. The molecule has 0 saturated carbocycles. The van der Waals surface area contributed by atoms with Gasteiger partial charge in [0.25, 0.3) is 0 Å². The number of likely N-dealkylation sites (tertiary alicyclic amines) is 1. The summed E-state index contributed by atoms with van der Waals surface area (Å²) < 4.78 is 31.4. The van der Waals surface area contributed by atoms with Crippen molar-refractivity contribution in [2.75, 3.05) is 25.0 Å². The van der Waals surface area contributed by atoms with Crippen LogP contribution in [0, 0.1) is 11.6 Å². The molecule has 0 spiro atoms. The molecule has 6 nitrogen and oxygen atoms in total. The zero-order valence-electron chi connectivity index (χ0n) is 16.7. The van der Waals surface area contributed by atoms with Gasteiger partial charge in [-0.25, -0.2) is 13.6 Å². The van der Waals surface area contributed by atoms with Gasteiger partial charge in [0, 0.05) is 37.3 Å². The van der Waals surface area contributed by atoms with Crippen LogP contribution in [0.5, 0.6) is 0 Å². The number of halogens is 2. The van der Waals surface area contributed by atoms with E-state index < -0.39 is 23.3 Å². The summed E-state index contributed by atoms with van der Waals surface area (Å²) in [5, 5.41) is 5.38. The van der Waals surface area contributed by atoms with Gasteiger partial charge in [0.1, 0.15) is 5.60 Å². The smallest absolute Gasteiger partial charge is 0.407 e. The van der Waals surface area contributed by atoms with Gasteiger partial charge < -0.3 is 15.4 Å². The number of hydrogen-bond acceptors (Lipinski definition) is 4. The van der Waals surface area contributed by atoms with Crippen LogP contribution in [0.4, 0.5) is 19.3 Å². The van der Waals surface area contributed by atoms with Crippen LogP contribution in [0.25, 0.3) is 0 Å². The van der Waals surface area contributed by atoms with Gasteiger partial charge in [-0.15, -0.1) is 0 Å². The van der Waals surface area contributed by atoms with E-state index in [9.17, 15) is 18.4 Å². The quantitative estimate of drug-likeness (QED) is 0.768. The summed E-state index contributed by atoms with van der Waals surface area (Å²) in [7, 11) is 0. The molecule has 1 aliphatic rings. The van der Waals surface area contributed by atoms with Crippen molar-refractivity contribution in [3.05, 3.63) is 29.8 Å². The van der Waals surface area contributed by atoms with Crippen molar-refractivity contribution in [2.24, 2.45) is 0 Å². The van der Waals surface area contributed by atoms with Crippen molar-refractivity contribution in [1.82, 2.24) is 10.2 Å². The Hall–Kier alpha value is -2.22. The Morgan fingerprint density at radius 1 is 1.21 bits per heavy atom. The van der Waals surface area contributed by atoms with Crippen molar-refractivity contribution < 1.29 is 23.1 Å². The Morgan fingerprint density at radius 3 is 2.64 bits per heavy atom. The van der Waals surface area contributed by atoms with Gasteiger partial charge >= 0.3 is 6.09 Å². The number of hydrogen-bond donors (Lipinski definition) is 2. The van der Waals surface area contributed by atoms with Crippen molar-refractivity contribution in [3.8, 4) is 0 Å². The summed E-state index contributed by atoms with van der Waals surface area (Å²) in [6.07, 6.45) is 2.81. The van der Waals surface area contributed by atoms with Gasteiger partial charge in [0.15, 0.2) is 11.6 Å². The number of alkyl carbamates (subject to hydrolysis) is 1. The molecule has 1 unspecified atom stereocenters. The minimum absolute atomic E-state index is 0.136. The average molecular weight is 397 g/mol. The maximum Gasteiger partial charge on any atom is 0.407 e. The second kappa shape index (κ2) is 9.82. The Bertz CT molecular complexity index is 692. The molecule has 0 aliphatic carbocycles. The number of nitrogens with one attached hydrogen (secondary N) is 2. The fourth-order valence-electron chi connectivity index (χ4n) is 3.14. The van der Waals surface area contributed by atoms with Gasteiger partial charge in [-0.05, 0) is 52.3 Å². The Labute approximate surface area is 164 Å². The molecule has 1 fully saturated rings. The number of amides is 2. The van der Waals surface area contributed by atoms with Crippen molar-refractivity contribution in [2.45, 2.75) is 58.1 Å². The van der Waals surface area contributed by atoms with Crippen LogP contribution in [0.2, 0.25) is 0 Å². The largest absolute Gasteiger partial charge is 0.444 e. The van der Waals surface area contributed by atoms with E-state index in [0.717, 1.165) is 37.9 Å². The van der Waals surface area contributed by atoms with E-state index in [4.69, 9.17) is 4.74 Å². The van der Waals surface area contributed by atoms with Crippen LogP contribution in [-0.2, 0) is 9.53 Å². The van der Waals surface area contributed by atoms with E-state index in [1.807, 2.05) is 20.8 Å². The molecule has 28 heavy (non-hydrogen) atoms. The maximum atomic E-state index is 13.2. The molecule has 2 rings (SSSR count). The number of anilines is 1. The average Bonchev–Trinajstić information content (AvgIpc) is 2.60. The minimum Gasteiger partial charge on any atom is -0.444 e. The number of carbonyl (C=O) groups is 2. The van der Waals surface area contributed by atoms with Crippen LogP contribution in [-0.4, -0.2) is 48.2 Å². The lowest BCUT2D eigenvalue weighted by atomic mass is 10.0. The van der Waals surface area contributed by atoms with Crippen molar-refractivity contribution >= 4 is 17.7 Å². The highest BCUT2D eigenvalue weighted by Crippen LogP contribution is 2.18. The summed E-state index contributed by atoms with van der Waals surface area (Å²) in [6, 6.07) is 3.40. The van der Waals surface area contributed by atoms with Crippen LogP contribution in [0.1, 0.15) is 46.5 Å². The van der Waals surface area contributed by atoms with Gasteiger partial charge in [-0.2, -0.15) is 0 Å². The molecule has 2 amide bonds. The molecular weight excluding hydrogens is 368 g/mol. The number of piperidine rings is 1. The standard InChI is InChI=1S/C20H29F2N3O3/c1-20(2,3)28-19(27)23-13-15-6-4-5-10-25(15)11-9-18(26)24-14-7-8-16(21)17(22)12-14/h7-8,12,15H,4-6,9-11,13H2,1-3H3,(H,23,27)(H,24,26). The van der Waals surface area contributed by atoms with Gasteiger partial charge in [0.05, 0.1) is 0 Å². The monoisotopic (exact) mass is 397 g/mol. The summed E-state index contributed by atoms with van der Waals surface area (Å²) in [4.78, 5) is 26.2. The summed E-state index contributed by atoms with van der Waals surface area (Å²) >= 11 is 0. The molecule has 0 aromatic heterocycles. The molecule has 1 aromatic rings. The summed E-state index contributed by atoms with van der Waals surface area (Å²) in [5.74, 6) is -2.22. The first kappa shape index (κ1) is 22.1. The molecular formula is C20H29F2N3O3. The van der Waals surface area contributed by atoms with Crippen LogP contribution >= 0.6 is 0 Å². The lowest BCUT2D eigenvalue weighted by molar-refractivity contribution is -0.116. The number of nitrogens with zero attached hydrogens (tertiary/aromatic N) is 1. The fraction of sp³-hybridized carbons (Fsp3) is 0.600. The summed E-state index contributed by atoms with van der Waals surface area (Å²) in [5.41, 5.74) is -0.320. The number of carbonyl (C=O) groups excluding carboxylic acids is 2. The lowest BCUT2D eigenvalue weighted by Crippen LogP contribution is -2.48. The third-order valence-corrected chi connectivity index (χ3v) is 4.46. The molecule has 0 bridgehead atoms. The second-order valence-corrected chi connectivity index (χ2v) is 8.00. The highest BCUT2D eigenvalue weighted by Gasteiger charge is 2.24. The van der Waals surface area contributed by atoms with Gasteiger partial charge in [-0.1, -0.05) is 6.42 Å². The lowest BCUT2D eigenvalue weighted by Gasteiger charge is -2.35. The molecule has 1 aliphatic heterocycles. The van der Waals surface area contributed by atoms with Crippen molar-refractivity contribution in [3.63, 3.8) is 0 Å². The predicted octanol–water partition coefficient (Wildman–Crippen LogP) is 3.67. The second-order valence-electron chi connectivity index (χ2n) is 8.00. The molecule has 0 radical (unpaired) electrons. The molecule has 1 saturated heterocycles. The SMILES string of the molecule is CC(C)(C)OC(=O)NCC1CCCCN1CCC(=O)Nc1ccc(F)c(F)c1. The zero-order chi connectivity index (χ0) is 20.7. The number of ether oxygens (including phenoxy) is 1. The predicted molar refractivity (Wildman–Crippen MR) is 103 cm³/mol. The first-order valence-corrected chi connectivity index (χ1v) is 9.60. The van der Waals surface area contributed by atoms with Gasteiger partial charge in [-0.3, -0.25) is 9.69 Å². The highest BCUT2D eigenvalue weighted by molar-refractivity contribution is 5.90.